The Kier molecular flexibility index (Phi) is 8.21. The molecular weight excluding hydrogens is 388 g/mol. The van der Waals surface area contributed by atoms with E-state index in [1.807, 2.05) is 0 Å². The maximum atomic E-state index is 13.7. The quantitative estimate of drug-likeness (QED) is 0.406. The van der Waals surface area contributed by atoms with Gasteiger partial charge in [-0.1, -0.05) is 32.6 Å². The summed E-state index contributed by atoms with van der Waals surface area (Å²) in [5, 5.41) is 8.71. The van der Waals surface area contributed by atoms with E-state index in [1.165, 1.54) is 44.6 Å². The van der Waals surface area contributed by atoms with Crippen LogP contribution in [0.4, 0.5) is 8.78 Å². The molecule has 6 heteroatoms. The van der Waals surface area contributed by atoms with Gasteiger partial charge in [-0.05, 0) is 50.4 Å². The zero-order valence-electron chi connectivity index (χ0n) is 17.7. The summed E-state index contributed by atoms with van der Waals surface area (Å²) in [4.78, 5) is 12.4. The van der Waals surface area contributed by atoms with Gasteiger partial charge in [-0.15, -0.1) is 0 Å². The van der Waals surface area contributed by atoms with Crippen LogP contribution in [-0.4, -0.2) is 18.7 Å². The molecule has 2 saturated carbocycles. The maximum absolute atomic E-state index is 13.7. The van der Waals surface area contributed by atoms with E-state index >= 15 is 0 Å². The van der Waals surface area contributed by atoms with Crippen LogP contribution in [0.15, 0.2) is 12.1 Å². The third-order valence-corrected chi connectivity index (χ3v) is 6.58. The van der Waals surface area contributed by atoms with Crippen LogP contribution >= 0.6 is 0 Å². The molecule has 1 aromatic carbocycles. The molecule has 4 nitrogen and oxygen atoms in total. The molecule has 2 aliphatic rings. The molecule has 1 aromatic rings. The standard InChI is InChI=1S/C24H31F2NO3/c1-2-3-16-4-6-17(7-5-16)15-29-19-10-8-18(9-11-19)24(28)30-20-12-22(25)21(14-27)23(26)13-20/h12-13,16-19H,2-11,15H2,1H3/t16-,17-,18-,19-. The van der Waals surface area contributed by atoms with E-state index in [2.05, 4.69) is 6.92 Å². The zero-order chi connectivity index (χ0) is 21.5. The molecule has 0 saturated heterocycles. The van der Waals surface area contributed by atoms with Gasteiger partial charge >= 0.3 is 5.97 Å². The lowest BCUT2D eigenvalue weighted by molar-refractivity contribution is -0.141. The summed E-state index contributed by atoms with van der Waals surface area (Å²) < 4.78 is 38.7. The van der Waals surface area contributed by atoms with E-state index in [1.54, 1.807) is 0 Å². The van der Waals surface area contributed by atoms with Gasteiger partial charge in [0.2, 0.25) is 0 Å². The fourth-order valence-electron chi connectivity index (χ4n) is 4.75. The Labute approximate surface area is 177 Å². The van der Waals surface area contributed by atoms with Crippen LogP contribution in [0.1, 0.15) is 76.7 Å². The highest BCUT2D eigenvalue weighted by molar-refractivity contribution is 5.75. The number of hydrogen-bond acceptors (Lipinski definition) is 4. The van der Waals surface area contributed by atoms with Crippen LogP contribution in [0.2, 0.25) is 0 Å². The third-order valence-electron chi connectivity index (χ3n) is 6.58. The minimum absolute atomic E-state index is 0.173. The second-order valence-corrected chi connectivity index (χ2v) is 8.78. The van der Waals surface area contributed by atoms with Gasteiger partial charge in [-0.3, -0.25) is 4.79 Å². The lowest BCUT2D eigenvalue weighted by atomic mass is 9.80. The summed E-state index contributed by atoms with van der Waals surface area (Å²) in [5.41, 5.74) is -0.675. The van der Waals surface area contributed by atoms with Gasteiger partial charge in [0.15, 0.2) is 0 Å². The van der Waals surface area contributed by atoms with Crippen LogP contribution < -0.4 is 4.74 Å². The predicted octanol–water partition coefficient (Wildman–Crippen LogP) is 5.92. The molecule has 0 N–H and O–H groups in total. The zero-order valence-corrected chi connectivity index (χ0v) is 17.7. The van der Waals surface area contributed by atoms with E-state index in [0.29, 0.717) is 18.8 Å². The van der Waals surface area contributed by atoms with E-state index in [0.717, 1.165) is 37.5 Å². The molecule has 30 heavy (non-hydrogen) atoms. The topological polar surface area (TPSA) is 59.3 Å². The molecule has 0 unspecified atom stereocenters. The highest BCUT2D eigenvalue weighted by atomic mass is 19.1. The smallest absolute Gasteiger partial charge is 0.314 e. The van der Waals surface area contributed by atoms with Crippen LogP contribution in [0, 0.1) is 40.7 Å². The lowest BCUT2D eigenvalue weighted by Crippen LogP contribution is -2.30. The van der Waals surface area contributed by atoms with Crippen molar-refractivity contribution in [3.63, 3.8) is 0 Å². The van der Waals surface area contributed by atoms with Crippen LogP contribution in [0.5, 0.6) is 5.75 Å². The molecule has 0 aliphatic heterocycles. The van der Waals surface area contributed by atoms with Crippen molar-refractivity contribution in [1.29, 1.82) is 5.26 Å². The van der Waals surface area contributed by atoms with E-state index < -0.39 is 23.2 Å². The van der Waals surface area contributed by atoms with Gasteiger partial charge in [0.1, 0.15) is 29.0 Å². The lowest BCUT2D eigenvalue weighted by Gasteiger charge is -2.31. The number of benzene rings is 1. The molecule has 0 amide bonds. The highest BCUT2D eigenvalue weighted by Crippen LogP contribution is 2.33. The Morgan fingerprint density at radius 2 is 1.63 bits per heavy atom. The summed E-state index contributed by atoms with van der Waals surface area (Å²) in [6.45, 7) is 3.06. The van der Waals surface area contributed by atoms with Crippen LogP contribution in [-0.2, 0) is 9.53 Å². The van der Waals surface area contributed by atoms with Crippen molar-refractivity contribution in [2.45, 2.75) is 77.2 Å². The number of halogens is 2. The molecule has 0 heterocycles. The van der Waals surface area contributed by atoms with Gasteiger partial charge in [0.05, 0.1) is 12.0 Å². The molecule has 2 fully saturated rings. The Bertz CT molecular complexity index is 737. The second-order valence-electron chi connectivity index (χ2n) is 8.78. The van der Waals surface area contributed by atoms with Crippen molar-refractivity contribution < 1.29 is 23.0 Å². The molecule has 0 spiro atoms. The fraction of sp³-hybridized carbons (Fsp3) is 0.667. The first-order valence-electron chi connectivity index (χ1n) is 11.2. The van der Waals surface area contributed by atoms with Gasteiger partial charge < -0.3 is 9.47 Å². The Hall–Kier alpha value is -2.00. The van der Waals surface area contributed by atoms with Crippen LogP contribution in [0.25, 0.3) is 0 Å². The third kappa shape index (κ3) is 6.01. The average molecular weight is 420 g/mol. The Morgan fingerprint density at radius 3 is 2.20 bits per heavy atom. The molecule has 0 atom stereocenters. The van der Waals surface area contributed by atoms with Crippen molar-refractivity contribution >= 4 is 5.97 Å². The van der Waals surface area contributed by atoms with Crippen molar-refractivity contribution in [3.8, 4) is 11.8 Å². The Balaban J connectivity index is 1.39. The number of hydrogen-bond donors (Lipinski definition) is 0. The minimum atomic E-state index is -1.03. The highest BCUT2D eigenvalue weighted by Gasteiger charge is 2.29. The molecule has 0 aromatic heterocycles. The molecule has 2 aliphatic carbocycles. The van der Waals surface area contributed by atoms with Crippen molar-refractivity contribution in [3.05, 3.63) is 29.3 Å². The summed E-state index contributed by atoms with van der Waals surface area (Å²) in [6.07, 6.45) is 10.8. The normalized spacial score (nSPS) is 26.7. The van der Waals surface area contributed by atoms with Crippen molar-refractivity contribution in [2.24, 2.45) is 17.8 Å². The largest absolute Gasteiger partial charge is 0.426 e. The Morgan fingerprint density at radius 1 is 1.03 bits per heavy atom. The van der Waals surface area contributed by atoms with Gasteiger partial charge in [0.25, 0.3) is 0 Å². The molecule has 3 rings (SSSR count). The molecule has 0 radical (unpaired) electrons. The summed E-state index contributed by atoms with van der Waals surface area (Å²) in [5.74, 6) is -1.48. The number of nitriles is 1. The fourth-order valence-corrected chi connectivity index (χ4v) is 4.75. The first-order chi connectivity index (χ1) is 14.5. The number of rotatable bonds is 7. The first-order valence-corrected chi connectivity index (χ1v) is 11.2. The number of ether oxygens (including phenoxy) is 2. The summed E-state index contributed by atoms with van der Waals surface area (Å²) >= 11 is 0. The predicted molar refractivity (Wildman–Crippen MR) is 109 cm³/mol. The molecule has 164 valence electrons. The van der Waals surface area contributed by atoms with E-state index in [4.69, 9.17) is 14.7 Å². The summed E-state index contributed by atoms with van der Waals surface area (Å²) in [7, 11) is 0. The van der Waals surface area contributed by atoms with Gasteiger partial charge in [0, 0.05) is 18.7 Å². The molecular formula is C24H31F2NO3. The molecule has 0 bridgehead atoms. The average Bonchev–Trinajstić information content (AvgIpc) is 2.73. The number of esters is 1. The first kappa shape index (κ1) is 22.7. The summed E-state index contributed by atoms with van der Waals surface area (Å²) in [6, 6.07) is 3.21. The maximum Gasteiger partial charge on any atom is 0.314 e. The van der Waals surface area contributed by atoms with E-state index in [-0.39, 0.29) is 17.8 Å². The van der Waals surface area contributed by atoms with E-state index in [9.17, 15) is 13.6 Å². The number of carbonyl (C=O) groups excluding carboxylic acids is 1. The van der Waals surface area contributed by atoms with Gasteiger partial charge in [-0.25, -0.2) is 8.78 Å². The number of nitrogens with zero attached hydrogens (tertiary/aromatic N) is 1. The second kappa shape index (κ2) is 10.9. The van der Waals surface area contributed by atoms with Crippen molar-refractivity contribution in [2.75, 3.05) is 6.61 Å². The van der Waals surface area contributed by atoms with Gasteiger partial charge in [-0.2, -0.15) is 5.26 Å². The SMILES string of the molecule is CCC[C@H]1CC[C@H](CO[C@H]2CC[C@H](C(=O)Oc3cc(F)c(C#N)c(F)c3)CC2)CC1. The van der Waals surface area contributed by atoms with Crippen LogP contribution in [0.3, 0.4) is 0 Å². The van der Waals surface area contributed by atoms with Crippen molar-refractivity contribution in [1.82, 2.24) is 0 Å². The number of carbonyl (C=O) groups is 1. The monoisotopic (exact) mass is 419 g/mol. The minimum Gasteiger partial charge on any atom is -0.426 e.